The van der Waals surface area contributed by atoms with E-state index >= 15 is 0 Å². The number of nitrogens with zero attached hydrogens (tertiary/aromatic N) is 2. The van der Waals surface area contributed by atoms with Gasteiger partial charge in [0.15, 0.2) is 0 Å². The number of rotatable bonds is 15. The van der Waals surface area contributed by atoms with Crippen molar-refractivity contribution in [2.75, 3.05) is 19.8 Å². The van der Waals surface area contributed by atoms with Crippen molar-refractivity contribution in [2.24, 2.45) is 11.8 Å². The number of alkyl halides is 1. The molecule has 3 saturated heterocycles. The van der Waals surface area contributed by atoms with Crippen LogP contribution in [0.5, 0.6) is 0 Å². The van der Waals surface area contributed by atoms with Crippen LogP contribution in [0.2, 0.25) is 0 Å². The average Bonchev–Trinajstić information content (AvgIpc) is 3.56. The molecule has 0 aliphatic carbocycles. The van der Waals surface area contributed by atoms with E-state index in [0.29, 0.717) is 24.9 Å². The molecule has 1 spiro atoms. The third-order valence-corrected chi connectivity index (χ3v) is 9.67. The summed E-state index contributed by atoms with van der Waals surface area (Å²) in [6, 6.07) is 7.31. The molecule has 1 aromatic carbocycles. The van der Waals surface area contributed by atoms with Crippen LogP contribution in [0.25, 0.3) is 0 Å². The number of amides is 2. The van der Waals surface area contributed by atoms with Gasteiger partial charge in [-0.05, 0) is 44.6 Å². The second-order valence-corrected chi connectivity index (χ2v) is 12.6. The van der Waals surface area contributed by atoms with Crippen LogP contribution in [0.15, 0.2) is 55.6 Å². The Morgan fingerprint density at radius 3 is 2.63 bits per heavy atom. The molecule has 1 N–H and O–H groups in total. The zero-order chi connectivity index (χ0) is 29.7. The molecule has 4 unspecified atom stereocenters. The van der Waals surface area contributed by atoms with E-state index in [1.54, 1.807) is 11.0 Å². The molecule has 2 bridgehead atoms. The number of likely N-dealkylation sites (tertiary alicyclic amines) is 1. The number of esters is 1. The molecule has 41 heavy (non-hydrogen) atoms. The Kier molecular flexibility index (Phi) is 10.5. The van der Waals surface area contributed by atoms with Crippen LogP contribution in [0.1, 0.15) is 64.0 Å². The molecular weight excluding hydrogens is 588 g/mol. The second kappa shape index (κ2) is 13.7. The minimum Gasteiger partial charge on any atom is -0.465 e. The summed E-state index contributed by atoms with van der Waals surface area (Å²) in [6.07, 6.45) is 7.36. The maximum absolute atomic E-state index is 14.6. The van der Waals surface area contributed by atoms with E-state index in [1.165, 1.54) is 4.90 Å². The number of carbonyl (C=O) groups excluding carboxylic acids is 3. The lowest BCUT2D eigenvalue weighted by Gasteiger charge is -2.41. The highest BCUT2D eigenvalue weighted by Crippen LogP contribution is 2.61. The van der Waals surface area contributed by atoms with Crippen molar-refractivity contribution in [3.05, 3.63) is 61.2 Å². The summed E-state index contributed by atoms with van der Waals surface area (Å²) >= 11 is 3.71. The number of benzene rings is 1. The minimum atomic E-state index is -1.23. The molecule has 4 rings (SSSR count). The van der Waals surface area contributed by atoms with Gasteiger partial charge in [-0.25, -0.2) is 0 Å². The molecule has 3 aliphatic rings. The van der Waals surface area contributed by atoms with Gasteiger partial charge in [0.1, 0.15) is 11.6 Å². The topological polar surface area (TPSA) is 96.4 Å². The molecular formula is C32H43BrN2O6. The van der Waals surface area contributed by atoms with E-state index in [-0.39, 0.29) is 35.9 Å². The van der Waals surface area contributed by atoms with Gasteiger partial charge >= 0.3 is 5.97 Å². The molecule has 0 saturated carbocycles. The molecule has 8 nitrogen and oxygen atoms in total. The molecule has 2 amide bonds. The normalized spacial score (nSPS) is 29.6. The predicted molar refractivity (Wildman–Crippen MR) is 160 cm³/mol. The Bertz CT molecular complexity index is 1110. The Hall–Kier alpha value is -2.49. The number of fused-ring (bicyclic) bond motifs is 1. The number of aliphatic hydroxyl groups is 1. The van der Waals surface area contributed by atoms with Gasteiger partial charge in [-0.3, -0.25) is 14.4 Å². The first-order valence-electron chi connectivity index (χ1n) is 14.8. The summed E-state index contributed by atoms with van der Waals surface area (Å²) in [7, 11) is 0. The van der Waals surface area contributed by atoms with Gasteiger partial charge in [-0.2, -0.15) is 0 Å². The van der Waals surface area contributed by atoms with E-state index in [0.717, 1.165) is 25.7 Å². The maximum Gasteiger partial charge on any atom is 0.312 e. The third kappa shape index (κ3) is 5.77. The molecule has 3 heterocycles. The number of halogens is 1. The summed E-state index contributed by atoms with van der Waals surface area (Å²) in [5.41, 5.74) is -0.520. The fourth-order valence-corrected chi connectivity index (χ4v) is 7.94. The van der Waals surface area contributed by atoms with Crippen LogP contribution in [-0.2, 0) is 23.9 Å². The van der Waals surface area contributed by atoms with Gasteiger partial charge in [0.25, 0.3) is 0 Å². The van der Waals surface area contributed by atoms with Crippen LogP contribution in [0.4, 0.5) is 0 Å². The fourth-order valence-electron chi connectivity index (χ4n) is 7.00. The number of ether oxygens (including phenoxy) is 2. The van der Waals surface area contributed by atoms with Crippen molar-refractivity contribution in [1.82, 2.24) is 9.80 Å². The summed E-state index contributed by atoms with van der Waals surface area (Å²) in [5.74, 6) is -2.83. The predicted octanol–water partition coefficient (Wildman–Crippen LogP) is 4.57. The van der Waals surface area contributed by atoms with Crippen molar-refractivity contribution in [3.63, 3.8) is 0 Å². The summed E-state index contributed by atoms with van der Waals surface area (Å²) < 4.78 is 12.3. The van der Waals surface area contributed by atoms with E-state index in [1.807, 2.05) is 43.3 Å². The van der Waals surface area contributed by atoms with E-state index < -0.39 is 41.6 Å². The van der Waals surface area contributed by atoms with Gasteiger partial charge in [-0.15, -0.1) is 13.2 Å². The Balaban J connectivity index is 1.76. The number of hydrogen-bond acceptors (Lipinski definition) is 6. The number of hydrogen-bond donors (Lipinski definition) is 1. The van der Waals surface area contributed by atoms with Gasteiger partial charge in [0.2, 0.25) is 11.8 Å². The van der Waals surface area contributed by atoms with Gasteiger partial charge < -0.3 is 24.4 Å². The molecule has 224 valence electrons. The SMILES string of the molecule is C=CCCCCOC(=O)[C@H]1[C@H]2C(=O)N([C@H](CO)c3ccccc3)C(C(=O)N(CC=C)C(C)CCC)C23CC(Br)[C@@H]1O3. The Morgan fingerprint density at radius 1 is 1.27 bits per heavy atom. The first-order valence-corrected chi connectivity index (χ1v) is 15.7. The van der Waals surface area contributed by atoms with E-state index in [4.69, 9.17) is 9.47 Å². The number of unbranched alkanes of at least 4 members (excludes halogenated alkanes) is 2. The van der Waals surface area contributed by atoms with Crippen LogP contribution in [0.3, 0.4) is 0 Å². The molecule has 3 fully saturated rings. The van der Waals surface area contributed by atoms with Crippen molar-refractivity contribution in [2.45, 2.75) is 87.0 Å². The van der Waals surface area contributed by atoms with Crippen LogP contribution >= 0.6 is 15.9 Å². The third-order valence-electron chi connectivity index (χ3n) is 8.82. The average molecular weight is 632 g/mol. The quantitative estimate of drug-likeness (QED) is 0.132. The molecule has 8 atom stereocenters. The van der Waals surface area contributed by atoms with Crippen molar-refractivity contribution in [1.29, 1.82) is 0 Å². The second-order valence-electron chi connectivity index (χ2n) is 11.4. The minimum absolute atomic E-state index is 0.100. The van der Waals surface area contributed by atoms with Crippen LogP contribution in [0, 0.1) is 11.8 Å². The van der Waals surface area contributed by atoms with Crippen molar-refractivity contribution >= 4 is 33.7 Å². The van der Waals surface area contributed by atoms with Crippen molar-refractivity contribution < 1.29 is 29.0 Å². The number of aliphatic hydroxyl groups excluding tert-OH is 1. The first-order chi connectivity index (χ1) is 19.8. The smallest absolute Gasteiger partial charge is 0.312 e. The lowest BCUT2D eigenvalue weighted by Crippen LogP contribution is -2.58. The standard InChI is InChI=1S/C32H43BrN2O6/c1-5-8-9-13-18-40-31(39)25-26-29(37)35(24(20-36)22-15-11-10-12-16-22)28(32(26)19-23(33)27(25)41-32)30(38)34(17-7-3)21(4)14-6-2/h5,7,10-12,15-16,21,23-28,36H,1,3,6,8-9,13-14,17-20H2,2,4H3/t21?,23?,24-,25+,26+,27+,28?,32?/m1/s1. The number of allylic oxidation sites excluding steroid dienone is 1. The fraction of sp³-hybridized carbons (Fsp3) is 0.594. The zero-order valence-electron chi connectivity index (χ0n) is 24.1. The summed E-state index contributed by atoms with van der Waals surface area (Å²) in [5, 5.41) is 10.7. The van der Waals surface area contributed by atoms with Crippen LogP contribution < -0.4 is 0 Å². The maximum atomic E-state index is 14.6. The lowest BCUT2D eigenvalue weighted by atomic mass is 9.70. The molecule has 1 aromatic rings. The first kappa shape index (κ1) is 31.4. The monoisotopic (exact) mass is 630 g/mol. The highest BCUT2D eigenvalue weighted by atomic mass is 79.9. The van der Waals surface area contributed by atoms with Gasteiger partial charge in [0.05, 0.1) is 37.2 Å². The molecule has 9 heteroatoms. The molecule has 0 aromatic heterocycles. The molecule has 0 radical (unpaired) electrons. The lowest BCUT2D eigenvalue weighted by molar-refractivity contribution is -0.157. The van der Waals surface area contributed by atoms with E-state index in [9.17, 15) is 19.5 Å². The van der Waals surface area contributed by atoms with Crippen molar-refractivity contribution in [3.8, 4) is 0 Å². The highest BCUT2D eigenvalue weighted by Gasteiger charge is 2.77. The summed E-state index contributed by atoms with van der Waals surface area (Å²) in [6.45, 7) is 11.8. The molecule has 3 aliphatic heterocycles. The van der Waals surface area contributed by atoms with E-state index in [2.05, 4.69) is 36.0 Å². The van der Waals surface area contributed by atoms with Gasteiger partial charge in [0, 0.05) is 17.4 Å². The van der Waals surface area contributed by atoms with Gasteiger partial charge in [-0.1, -0.05) is 71.8 Å². The summed E-state index contributed by atoms with van der Waals surface area (Å²) in [4.78, 5) is 45.7. The Morgan fingerprint density at radius 2 is 2.00 bits per heavy atom. The zero-order valence-corrected chi connectivity index (χ0v) is 25.7. The highest BCUT2D eigenvalue weighted by molar-refractivity contribution is 9.09. The largest absolute Gasteiger partial charge is 0.465 e. The Labute approximate surface area is 251 Å². The number of carbonyl (C=O) groups is 3. The van der Waals surface area contributed by atoms with Crippen LogP contribution in [-0.4, -0.2) is 81.1 Å².